The molecule has 0 fully saturated rings. The van der Waals surface area contributed by atoms with Gasteiger partial charge in [0.2, 0.25) is 0 Å². The number of hydrogen-bond donors (Lipinski definition) is 2. The maximum absolute atomic E-state index is 11.9. The SMILES string of the molecule is CCc1oc(C(=O)NCCc2ccccc2)cc1C(=O)O. The number of benzene rings is 1. The molecule has 0 aliphatic rings. The molecule has 0 spiro atoms. The van der Waals surface area contributed by atoms with Gasteiger partial charge in [0.05, 0.1) is 0 Å². The van der Waals surface area contributed by atoms with E-state index in [1.54, 1.807) is 6.92 Å². The smallest absolute Gasteiger partial charge is 0.339 e. The van der Waals surface area contributed by atoms with Crippen molar-refractivity contribution in [3.8, 4) is 0 Å². The minimum Gasteiger partial charge on any atom is -0.478 e. The Morgan fingerprint density at radius 3 is 2.52 bits per heavy atom. The summed E-state index contributed by atoms with van der Waals surface area (Å²) in [4.78, 5) is 23.0. The molecule has 5 heteroatoms. The van der Waals surface area contributed by atoms with Crippen LogP contribution in [0.25, 0.3) is 0 Å². The molecule has 5 nitrogen and oxygen atoms in total. The van der Waals surface area contributed by atoms with Crippen LogP contribution in [0, 0.1) is 0 Å². The summed E-state index contributed by atoms with van der Waals surface area (Å²) in [5.41, 5.74) is 1.17. The topological polar surface area (TPSA) is 79.5 Å². The second kappa shape index (κ2) is 6.74. The molecule has 0 bridgehead atoms. The lowest BCUT2D eigenvalue weighted by Crippen LogP contribution is -2.25. The molecule has 0 unspecified atom stereocenters. The third-order valence-corrected chi connectivity index (χ3v) is 3.13. The van der Waals surface area contributed by atoms with Crippen molar-refractivity contribution in [1.82, 2.24) is 5.32 Å². The van der Waals surface area contributed by atoms with Gasteiger partial charge in [0.15, 0.2) is 5.76 Å². The molecule has 0 saturated carbocycles. The van der Waals surface area contributed by atoms with Crippen LogP contribution in [-0.2, 0) is 12.8 Å². The van der Waals surface area contributed by atoms with Crippen molar-refractivity contribution >= 4 is 11.9 Å². The Balaban J connectivity index is 1.96. The number of aromatic carboxylic acids is 1. The summed E-state index contributed by atoms with van der Waals surface area (Å²) in [6.45, 7) is 2.25. The number of nitrogens with one attached hydrogen (secondary N) is 1. The van der Waals surface area contributed by atoms with Gasteiger partial charge in [-0.05, 0) is 12.0 Å². The summed E-state index contributed by atoms with van der Waals surface area (Å²) < 4.78 is 5.30. The maximum Gasteiger partial charge on any atom is 0.339 e. The molecule has 2 rings (SSSR count). The van der Waals surface area contributed by atoms with Crippen LogP contribution in [0.5, 0.6) is 0 Å². The standard InChI is InChI=1S/C16H17NO4/c1-2-13-12(16(19)20)10-14(21-13)15(18)17-9-8-11-6-4-3-5-7-11/h3-7,10H,2,8-9H2,1H3,(H,17,18)(H,19,20). The Labute approximate surface area is 122 Å². The number of rotatable bonds is 6. The summed E-state index contributed by atoms with van der Waals surface area (Å²) in [6.07, 6.45) is 1.14. The average Bonchev–Trinajstić information content (AvgIpc) is 2.93. The molecule has 0 saturated heterocycles. The van der Waals surface area contributed by atoms with E-state index in [0.717, 1.165) is 5.56 Å². The van der Waals surface area contributed by atoms with Gasteiger partial charge in [0, 0.05) is 19.0 Å². The first-order valence-corrected chi connectivity index (χ1v) is 6.80. The summed E-state index contributed by atoms with van der Waals surface area (Å²) in [5.74, 6) is -1.12. The Morgan fingerprint density at radius 2 is 1.95 bits per heavy atom. The van der Waals surface area contributed by atoms with E-state index in [9.17, 15) is 9.59 Å². The zero-order valence-corrected chi connectivity index (χ0v) is 11.8. The predicted molar refractivity (Wildman–Crippen MR) is 77.5 cm³/mol. The molecule has 0 aliphatic heterocycles. The molecule has 1 heterocycles. The Bertz CT molecular complexity index is 631. The molecule has 1 aromatic heterocycles. The van der Waals surface area contributed by atoms with Crippen LogP contribution in [-0.4, -0.2) is 23.5 Å². The molecule has 1 aromatic carbocycles. The van der Waals surface area contributed by atoms with Crippen LogP contribution in [0.3, 0.4) is 0 Å². The number of amides is 1. The second-order valence-electron chi connectivity index (χ2n) is 4.60. The first-order valence-electron chi connectivity index (χ1n) is 6.80. The maximum atomic E-state index is 11.9. The summed E-state index contributed by atoms with van der Waals surface area (Å²) >= 11 is 0. The van der Waals surface area contributed by atoms with Gasteiger partial charge in [-0.2, -0.15) is 0 Å². The van der Waals surface area contributed by atoms with E-state index in [0.29, 0.717) is 25.1 Å². The molecule has 21 heavy (non-hydrogen) atoms. The van der Waals surface area contributed by atoms with Crippen LogP contribution in [0.15, 0.2) is 40.8 Å². The van der Waals surface area contributed by atoms with Crippen molar-refractivity contribution in [2.24, 2.45) is 0 Å². The van der Waals surface area contributed by atoms with Crippen LogP contribution >= 0.6 is 0 Å². The van der Waals surface area contributed by atoms with E-state index in [1.165, 1.54) is 6.07 Å². The first kappa shape index (κ1) is 14.8. The zero-order chi connectivity index (χ0) is 15.2. The summed E-state index contributed by atoms with van der Waals surface area (Å²) in [7, 11) is 0. The Kier molecular flexibility index (Phi) is 4.77. The summed E-state index contributed by atoms with van der Waals surface area (Å²) in [6, 6.07) is 11.1. The van der Waals surface area contributed by atoms with E-state index in [-0.39, 0.29) is 11.3 Å². The highest BCUT2D eigenvalue weighted by Crippen LogP contribution is 2.16. The Hall–Kier alpha value is -2.56. The fourth-order valence-electron chi connectivity index (χ4n) is 2.04. The number of carboxylic acids is 1. The molecule has 2 aromatic rings. The molecule has 1 amide bonds. The minimum atomic E-state index is -1.08. The Morgan fingerprint density at radius 1 is 1.24 bits per heavy atom. The fourth-order valence-corrected chi connectivity index (χ4v) is 2.04. The van der Waals surface area contributed by atoms with Gasteiger partial charge in [-0.25, -0.2) is 4.79 Å². The minimum absolute atomic E-state index is 0.0392. The number of carbonyl (C=O) groups excluding carboxylic acids is 1. The van der Waals surface area contributed by atoms with Gasteiger partial charge in [-0.15, -0.1) is 0 Å². The number of carbonyl (C=O) groups is 2. The summed E-state index contributed by atoms with van der Waals surface area (Å²) in [5, 5.41) is 11.8. The van der Waals surface area contributed by atoms with Crippen molar-refractivity contribution in [1.29, 1.82) is 0 Å². The molecule has 0 atom stereocenters. The highest BCUT2D eigenvalue weighted by Gasteiger charge is 2.19. The van der Waals surface area contributed by atoms with E-state index in [1.807, 2.05) is 30.3 Å². The lowest BCUT2D eigenvalue weighted by atomic mass is 10.1. The molecule has 2 N–H and O–H groups in total. The quantitative estimate of drug-likeness (QED) is 0.855. The van der Waals surface area contributed by atoms with E-state index >= 15 is 0 Å². The highest BCUT2D eigenvalue weighted by atomic mass is 16.4. The third kappa shape index (κ3) is 3.72. The lowest BCUT2D eigenvalue weighted by molar-refractivity contribution is 0.0694. The molecule has 110 valence electrons. The molecule has 0 aliphatic carbocycles. The average molecular weight is 287 g/mol. The number of furan rings is 1. The van der Waals surface area contributed by atoms with E-state index in [2.05, 4.69) is 5.32 Å². The number of carboxylic acid groups (broad SMARTS) is 1. The first-order chi connectivity index (χ1) is 10.1. The van der Waals surface area contributed by atoms with E-state index in [4.69, 9.17) is 9.52 Å². The van der Waals surface area contributed by atoms with Gasteiger partial charge in [-0.1, -0.05) is 37.3 Å². The molecular weight excluding hydrogens is 270 g/mol. The van der Waals surface area contributed by atoms with Crippen molar-refractivity contribution in [3.63, 3.8) is 0 Å². The van der Waals surface area contributed by atoms with Crippen LogP contribution in [0.2, 0.25) is 0 Å². The van der Waals surface area contributed by atoms with Crippen molar-refractivity contribution in [3.05, 3.63) is 59.0 Å². The molecular formula is C16H17NO4. The van der Waals surface area contributed by atoms with Crippen molar-refractivity contribution in [2.75, 3.05) is 6.54 Å². The monoisotopic (exact) mass is 287 g/mol. The number of aryl methyl sites for hydroxylation is 1. The highest BCUT2D eigenvalue weighted by molar-refractivity contribution is 5.96. The predicted octanol–water partition coefficient (Wildman–Crippen LogP) is 2.51. The largest absolute Gasteiger partial charge is 0.478 e. The second-order valence-corrected chi connectivity index (χ2v) is 4.60. The van der Waals surface area contributed by atoms with Gasteiger partial charge < -0.3 is 14.8 Å². The van der Waals surface area contributed by atoms with Gasteiger partial charge in [0.1, 0.15) is 11.3 Å². The van der Waals surface area contributed by atoms with Crippen LogP contribution in [0.4, 0.5) is 0 Å². The van der Waals surface area contributed by atoms with Crippen molar-refractivity contribution < 1.29 is 19.1 Å². The lowest BCUT2D eigenvalue weighted by Gasteiger charge is -2.03. The van der Waals surface area contributed by atoms with Crippen molar-refractivity contribution in [2.45, 2.75) is 19.8 Å². The van der Waals surface area contributed by atoms with Crippen LogP contribution < -0.4 is 5.32 Å². The van der Waals surface area contributed by atoms with Crippen LogP contribution in [0.1, 0.15) is 39.2 Å². The van der Waals surface area contributed by atoms with Gasteiger partial charge >= 0.3 is 5.97 Å². The van der Waals surface area contributed by atoms with E-state index < -0.39 is 11.9 Å². The zero-order valence-electron chi connectivity index (χ0n) is 11.8. The fraction of sp³-hybridized carbons (Fsp3) is 0.250. The molecule has 0 radical (unpaired) electrons. The third-order valence-electron chi connectivity index (χ3n) is 3.13. The number of hydrogen-bond acceptors (Lipinski definition) is 3. The van der Waals surface area contributed by atoms with Gasteiger partial charge in [0.25, 0.3) is 5.91 Å². The normalized spacial score (nSPS) is 10.3. The van der Waals surface area contributed by atoms with Gasteiger partial charge in [-0.3, -0.25) is 4.79 Å².